The minimum Gasteiger partial charge on any atom is -0.497 e. The Balaban J connectivity index is 2.04. The Labute approximate surface area is 121 Å². The van der Waals surface area contributed by atoms with Gasteiger partial charge in [0, 0.05) is 0 Å². The van der Waals surface area contributed by atoms with E-state index in [0.29, 0.717) is 5.01 Å². The van der Waals surface area contributed by atoms with Crippen molar-refractivity contribution in [3.05, 3.63) is 59.1 Å². The quantitative estimate of drug-likeness (QED) is 0.800. The van der Waals surface area contributed by atoms with Gasteiger partial charge in [-0.3, -0.25) is 0 Å². The van der Waals surface area contributed by atoms with Gasteiger partial charge in [-0.25, -0.2) is 4.98 Å². The maximum absolute atomic E-state index is 10.8. The standard InChI is InChI=1S/C16H15NO2S/c1-16(18,11-7-9-12(19-2)10-8-11)15-17-13-5-3-4-6-14(13)20-15/h3-10,18H,1-2H3. The Morgan fingerprint density at radius 1 is 1.10 bits per heavy atom. The van der Waals surface area contributed by atoms with Crippen LogP contribution in [0.1, 0.15) is 17.5 Å². The number of aliphatic hydroxyl groups is 1. The van der Waals surface area contributed by atoms with Crippen LogP contribution in [0.3, 0.4) is 0 Å². The molecule has 0 saturated carbocycles. The first kappa shape index (κ1) is 13.1. The molecule has 0 radical (unpaired) electrons. The van der Waals surface area contributed by atoms with E-state index < -0.39 is 5.60 Å². The van der Waals surface area contributed by atoms with Gasteiger partial charge in [-0.15, -0.1) is 11.3 Å². The zero-order chi connectivity index (χ0) is 14.2. The van der Waals surface area contributed by atoms with Gasteiger partial charge in [0.15, 0.2) is 0 Å². The molecule has 1 unspecified atom stereocenters. The zero-order valence-corrected chi connectivity index (χ0v) is 12.1. The summed E-state index contributed by atoms with van der Waals surface area (Å²) in [7, 11) is 1.63. The van der Waals surface area contributed by atoms with E-state index in [9.17, 15) is 5.11 Å². The molecular formula is C16H15NO2S. The SMILES string of the molecule is COc1ccc(C(C)(O)c2nc3ccccc3s2)cc1. The molecule has 3 aromatic rings. The van der Waals surface area contributed by atoms with Gasteiger partial charge in [-0.05, 0) is 36.8 Å². The third kappa shape index (κ3) is 2.17. The van der Waals surface area contributed by atoms with Gasteiger partial charge in [0.05, 0.1) is 17.3 Å². The lowest BCUT2D eigenvalue weighted by Gasteiger charge is -2.21. The Hall–Kier alpha value is -1.91. The zero-order valence-electron chi connectivity index (χ0n) is 11.3. The molecule has 20 heavy (non-hydrogen) atoms. The van der Waals surface area contributed by atoms with Gasteiger partial charge in [-0.1, -0.05) is 24.3 Å². The van der Waals surface area contributed by atoms with E-state index in [1.165, 1.54) is 11.3 Å². The van der Waals surface area contributed by atoms with E-state index in [1.807, 2.05) is 48.5 Å². The lowest BCUT2D eigenvalue weighted by atomic mass is 9.97. The fourth-order valence-electron chi connectivity index (χ4n) is 2.12. The second kappa shape index (κ2) is 4.89. The Bertz CT molecular complexity index is 699. The van der Waals surface area contributed by atoms with Crippen molar-refractivity contribution in [2.45, 2.75) is 12.5 Å². The van der Waals surface area contributed by atoms with Crippen molar-refractivity contribution in [1.29, 1.82) is 0 Å². The van der Waals surface area contributed by atoms with Crippen molar-refractivity contribution in [1.82, 2.24) is 4.98 Å². The van der Waals surface area contributed by atoms with E-state index >= 15 is 0 Å². The van der Waals surface area contributed by atoms with Crippen molar-refractivity contribution in [3.8, 4) is 5.75 Å². The van der Waals surface area contributed by atoms with Crippen LogP contribution in [0.15, 0.2) is 48.5 Å². The highest BCUT2D eigenvalue weighted by Gasteiger charge is 2.29. The number of benzene rings is 2. The number of aromatic nitrogens is 1. The van der Waals surface area contributed by atoms with Crippen LogP contribution >= 0.6 is 11.3 Å². The summed E-state index contributed by atoms with van der Waals surface area (Å²) in [5.74, 6) is 0.772. The van der Waals surface area contributed by atoms with Crippen molar-refractivity contribution < 1.29 is 9.84 Å². The summed E-state index contributed by atoms with van der Waals surface area (Å²) >= 11 is 1.52. The fourth-order valence-corrected chi connectivity index (χ4v) is 3.15. The van der Waals surface area contributed by atoms with Gasteiger partial charge in [0.25, 0.3) is 0 Å². The van der Waals surface area contributed by atoms with E-state index in [4.69, 9.17) is 4.74 Å². The van der Waals surface area contributed by atoms with Crippen LogP contribution in [0.25, 0.3) is 10.2 Å². The van der Waals surface area contributed by atoms with Crippen LogP contribution in [-0.2, 0) is 5.60 Å². The van der Waals surface area contributed by atoms with Gasteiger partial charge < -0.3 is 9.84 Å². The number of fused-ring (bicyclic) bond motifs is 1. The minimum absolute atomic E-state index is 0.698. The van der Waals surface area contributed by atoms with Crippen molar-refractivity contribution in [2.75, 3.05) is 7.11 Å². The largest absolute Gasteiger partial charge is 0.497 e. The molecule has 0 aliphatic rings. The number of methoxy groups -OCH3 is 1. The number of hydrogen-bond donors (Lipinski definition) is 1. The molecule has 3 rings (SSSR count). The second-order valence-electron chi connectivity index (χ2n) is 4.79. The molecule has 1 N–H and O–H groups in total. The van der Waals surface area contributed by atoms with Gasteiger partial charge in [-0.2, -0.15) is 0 Å². The molecule has 1 heterocycles. The molecule has 1 aromatic heterocycles. The van der Waals surface area contributed by atoms with E-state index in [1.54, 1.807) is 14.0 Å². The first-order chi connectivity index (χ1) is 9.61. The Kier molecular flexibility index (Phi) is 3.20. The molecular weight excluding hydrogens is 270 g/mol. The summed E-state index contributed by atoms with van der Waals surface area (Å²) in [6, 6.07) is 15.3. The van der Waals surface area contributed by atoms with E-state index in [2.05, 4.69) is 4.98 Å². The summed E-state index contributed by atoms with van der Waals surface area (Å²) in [6.07, 6.45) is 0. The van der Waals surface area contributed by atoms with E-state index in [0.717, 1.165) is 21.5 Å². The molecule has 0 spiro atoms. The smallest absolute Gasteiger partial charge is 0.138 e. The summed E-state index contributed by atoms with van der Waals surface area (Å²) in [6.45, 7) is 1.77. The van der Waals surface area contributed by atoms with Crippen LogP contribution in [0, 0.1) is 0 Å². The number of rotatable bonds is 3. The van der Waals surface area contributed by atoms with Crippen LogP contribution < -0.4 is 4.74 Å². The Morgan fingerprint density at radius 2 is 1.80 bits per heavy atom. The van der Waals surface area contributed by atoms with Crippen molar-refractivity contribution in [3.63, 3.8) is 0 Å². The van der Waals surface area contributed by atoms with Crippen molar-refractivity contribution >= 4 is 21.6 Å². The molecule has 0 amide bonds. The third-order valence-electron chi connectivity index (χ3n) is 3.36. The molecule has 0 aliphatic carbocycles. The molecule has 0 aliphatic heterocycles. The molecule has 0 bridgehead atoms. The minimum atomic E-state index is -1.10. The van der Waals surface area contributed by atoms with Crippen molar-refractivity contribution in [2.24, 2.45) is 0 Å². The van der Waals surface area contributed by atoms with Crippen LogP contribution in [-0.4, -0.2) is 17.2 Å². The molecule has 3 nitrogen and oxygen atoms in total. The second-order valence-corrected chi connectivity index (χ2v) is 5.82. The molecule has 102 valence electrons. The average molecular weight is 285 g/mol. The van der Waals surface area contributed by atoms with Gasteiger partial charge >= 0.3 is 0 Å². The summed E-state index contributed by atoms with van der Waals surface area (Å²) in [5, 5.41) is 11.5. The normalized spacial score (nSPS) is 14.2. The highest BCUT2D eigenvalue weighted by Crippen LogP contribution is 2.35. The fraction of sp³-hybridized carbons (Fsp3) is 0.188. The third-order valence-corrected chi connectivity index (χ3v) is 4.61. The maximum Gasteiger partial charge on any atom is 0.138 e. The lowest BCUT2D eigenvalue weighted by molar-refractivity contribution is 0.102. The summed E-state index contributed by atoms with van der Waals surface area (Å²) < 4.78 is 6.22. The predicted octanol–water partition coefficient (Wildman–Crippen LogP) is 3.56. The summed E-state index contributed by atoms with van der Waals surface area (Å²) in [4.78, 5) is 4.54. The Morgan fingerprint density at radius 3 is 2.45 bits per heavy atom. The first-order valence-corrected chi connectivity index (χ1v) is 7.16. The highest BCUT2D eigenvalue weighted by molar-refractivity contribution is 7.18. The lowest BCUT2D eigenvalue weighted by Crippen LogP contribution is -2.22. The van der Waals surface area contributed by atoms with Crippen LogP contribution in [0.5, 0.6) is 5.75 Å². The number of para-hydroxylation sites is 1. The monoisotopic (exact) mass is 285 g/mol. The molecule has 4 heteroatoms. The average Bonchev–Trinajstić information content (AvgIpc) is 2.92. The van der Waals surface area contributed by atoms with Gasteiger partial charge in [0.2, 0.25) is 0 Å². The molecule has 2 aromatic carbocycles. The maximum atomic E-state index is 10.8. The highest BCUT2D eigenvalue weighted by atomic mass is 32.1. The number of hydrogen-bond acceptors (Lipinski definition) is 4. The molecule has 0 saturated heterocycles. The molecule has 0 fully saturated rings. The van der Waals surface area contributed by atoms with E-state index in [-0.39, 0.29) is 0 Å². The summed E-state index contributed by atoms with van der Waals surface area (Å²) in [5.41, 5.74) is 0.620. The topological polar surface area (TPSA) is 42.4 Å². The number of thiazole rings is 1. The predicted molar refractivity (Wildman–Crippen MR) is 81.3 cm³/mol. The number of ether oxygens (including phenoxy) is 1. The number of nitrogens with zero attached hydrogens (tertiary/aromatic N) is 1. The van der Waals surface area contributed by atoms with Crippen LogP contribution in [0.2, 0.25) is 0 Å². The first-order valence-electron chi connectivity index (χ1n) is 6.34. The molecule has 1 atom stereocenters. The van der Waals surface area contributed by atoms with Gasteiger partial charge in [0.1, 0.15) is 16.4 Å². The van der Waals surface area contributed by atoms with Crippen LogP contribution in [0.4, 0.5) is 0 Å².